The molecule has 14 rings (SSSR count). The Morgan fingerprint density at radius 2 is 0.925 bits per heavy atom. The van der Waals surface area contributed by atoms with Gasteiger partial charge in [0.2, 0.25) is 0 Å². The fourth-order valence-corrected chi connectivity index (χ4v) is 11.0. The average molecular weight is 860 g/mol. The van der Waals surface area contributed by atoms with Crippen LogP contribution in [0, 0.1) is 0 Å². The second kappa shape index (κ2) is 14.2. The van der Waals surface area contributed by atoms with Gasteiger partial charge in [0.1, 0.15) is 33.5 Å². The molecule has 4 nitrogen and oxygen atoms in total. The van der Waals surface area contributed by atoms with Gasteiger partial charge in [0.15, 0.2) is 0 Å². The molecule has 0 N–H and O–H groups in total. The average Bonchev–Trinajstić information content (AvgIpc) is 4.12. The quantitative estimate of drug-likeness (QED) is 0.167. The van der Waals surface area contributed by atoms with Crippen molar-refractivity contribution < 1.29 is 13.3 Å². The van der Waals surface area contributed by atoms with Gasteiger partial charge in [-0.2, -0.15) is 0 Å². The largest absolute Gasteiger partial charge is 0.456 e. The second-order valence-electron chi connectivity index (χ2n) is 18.4. The Bertz CT molecular complexity index is 4110. The van der Waals surface area contributed by atoms with Crippen molar-refractivity contribution in [1.82, 2.24) is 0 Å². The van der Waals surface area contributed by atoms with Crippen LogP contribution in [0.25, 0.3) is 110 Å². The van der Waals surface area contributed by atoms with Gasteiger partial charge < -0.3 is 18.2 Å². The van der Waals surface area contributed by atoms with Crippen LogP contribution in [0.3, 0.4) is 0 Å². The Morgan fingerprint density at radius 3 is 1.73 bits per heavy atom. The van der Waals surface area contributed by atoms with Crippen LogP contribution in [0.4, 0.5) is 17.1 Å². The molecule has 0 amide bonds. The third-order valence-electron chi connectivity index (χ3n) is 14.3. The minimum absolute atomic E-state index is 0.138. The predicted molar refractivity (Wildman–Crippen MR) is 277 cm³/mol. The topological polar surface area (TPSA) is 42.7 Å². The molecule has 0 radical (unpaired) electrons. The standard InChI is InChI=1S/C63H41NO3/c1-63(2)53-20-9-6-15-46(53)47-34-32-44(36-54(47)63)64(43-30-25-39(26-31-43)45-18-12-19-50-48-16-7-10-21-55(48)66-61(45)50)42-28-23-38(24-29-42)41-27-33-49-52-37-58-60(51-17-8-11-22-56(51)65-58)59(40-13-4-3-5-14-40)62(52)67-57(49)35-41/h3-37H,1-2H3. The zero-order valence-corrected chi connectivity index (χ0v) is 36.9. The number of anilines is 3. The van der Waals surface area contributed by atoms with Gasteiger partial charge in [-0.1, -0.05) is 159 Å². The Labute approximate surface area is 386 Å². The van der Waals surface area contributed by atoms with E-state index in [2.05, 4.69) is 207 Å². The van der Waals surface area contributed by atoms with Gasteiger partial charge in [0.25, 0.3) is 0 Å². The summed E-state index contributed by atoms with van der Waals surface area (Å²) >= 11 is 0. The first kappa shape index (κ1) is 37.7. The fraction of sp³-hybridized carbons (Fsp3) is 0.0476. The van der Waals surface area contributed by atoms with Crippen molar-refractivity contribution in [3.63, 3.8) is 0 Å². The molecule has 0 atom stereocenters. The highest BCUT2D eigenvalue weighted by molar-refractivity contribution is 6.23. The second-order valence-corrected chi connectivity index (χ2v) is 18.4. The highest BCUT2D eigenvalue weighted by Gasteiger charge is 2.36. The van der Waals surface area contributed by atoms with Gasteiger partial charge in [0, 0.05) is 65.9 Å². The van der Waals surface area contributed by atoms with E-state index in [0.29, 0.717) is 0 Å². The van der Waals surface area contributed by atoms with Gasteiger partial charge in [0.05, 0.1) is 0 Å². The lowest BCUT2D eigenvalue weighted by Crippen LogP contribution is -2.16. The van der Waals surface area contributed by atoms with Gasteiger partial charge in [-0.25, -0.2) is 0 Å². The summed E-state index contributed by atoms with van der Waals surface area (Å²) in [5, 5.41) is 6.51. The van der Waals surface area contributed by atoms with E-state index in [4.69, 9.17) is 13.3 Å². The molecule has 0 spiro atoms. The van der Waals surface area contributed by atoms with Gasteiger partial charge in [-0.15, -0.1) is 0 Å². The molecular weight excluding hydrogens is 819 g/mol. The minimum atomic E-state index is -0.138. The Hall–Kier alpha value is -8.60. The first-order chi connectivity index (χ1) is 33.0. The lowest BCUT2D eigenvalue weighted by Gasteiger charge is -2.28. The highest BCUT2D eigenvalue weighted by Crippen LogP contribution is 2.51. The molecule has 0 bridgehead atoms. The Morgan fingerprint density at radius 1 is 0.328 bits per heavy atom. The fourth-order valence-electron chi connectivity index (χ4n) is 11.0. The number of furan rings is 3. The van der Waals surface area contributed by atoms with Crippen LogP contribution >= 0.6 is 0 Å². The maximum atomic E-state index is 6.91. The van der Waals surface area contributed by atoms with Crippen molar-refractivity contribution in [3.8, 4) is 44.5 Å². The van der Waals surface area contributed by atoms with E-state index >= 15 is 0 Å². The summed E-state index contributed by atoms with van der Waals surface area (Å²) in [4.78, 5) is 2.38. The summed E-state index contributed by atoms with van der Waals surface area (Å²) in [7, 11) is 0. The minimum Gasteiger partial charge on any atom is -0.456 e. The highest BCUT2D eigenvalue weighted by atomic mass is 16.3. The number of benzene rings is 10. The number of para-hydroxylation sites is 3. The summed E-state index contributed by atoms with van der Waals surface area (Å²) in [6, 6.07) is 75.8. The van der Waals surface area contributed by atoms with Crippen LogP contribution in [-0.2, 0) is 5.41 Å². The van der Waals surface area contributed by atoms with Gasteiger partial charge >= 0.3 is 0 Å². The molecule has 67 heavy (non-hydrogen) atoms. The van der Waals surface area contributed by atoms with Crippen LogP contribution in [0.15, 0.2) is 226 Å². The predicted octanol–water partition coefficient (Wildman–Crippen LogP) is 18.2. The molecule has 0 fully saturated rings. The van der Waals surface area contributed by atoms with E-state index in [1.807, 2.05) is 24.3 Å². The van der Waals surface area contributed by atoms with Crippen LogP contribution in [0.2, 0.25) is 0 Å². The molecule has 0 saturated heterocycles. The van der Waals surface area contributed by atoms with Crippen LogP contribution in [-0.4, -0.2) is 0 Å². The molecule has 13 aromatic rings. The maximum Gasteiger partial charge on any atom is 0.144 e. The van der Waals surface area contributed by atoms with Crippen molar-refractivity contribution in [2.75, 3.05) is 4.90 Å². The number of fused-ring (bicyclic) bond motifs is 12. The zero-order valence-electron chi connectivity index (χ0n) is 36.9. The molecule has 0 aliphatic heterocycles. The molecule has 3 heterocycles. The van der Waals surface area contributed by atoms with Crippen LogP contribution in [0.5, 0.6) is 0 Å². The lowest BCUT2D eigenvalue weighted by atomic mass is 9.82. The van der Waals surface area contributed by atoms with E-state index in [1.165, 1.54) is 22.3 Å². The van der Waals surface area contributed by atoms with E-state index in [-0.39, 0.29) is 5.41 Å². The molecule has 10 aromatic carbocycles. The lowest BCUT2D eigenvalue weighted by molar-refractivity contribution is 0.660. The smallest absolute Gasteiger partial charge is 0.144 e. The van der Waals surface area contributed by atoms with E-state index in [1.54, 1.807) is 0 Å². The molecule has 0 saturated carbocycles. The molecular formula is C63H41NO3. The van der Waals surface area contributed by atoms with Crippen molar-refractivity contribution in [2.45, 2.75) is 19.3 Å². The summed E-state index contributed by atoms with van der Waals surface area (Å²) in [6.07, 6.45) is 0. The maximum absolute atomic E-state index is 6.91. The molecule has 1 aliphatic carbocycles. The molecule has 3 aromatic heterocycles. The number of nitrogens with zero attached hydrogens (tertiary/aromatic N) is 1. The van der Waals surface area contributed by atoms with Crippen molar-refractivity contribution in [3.05, 3.63) is 223 Å². The summed E-state index contributed by atoms with van der Waals surface area (Å²) in [6.45, 7) is 4.68. The normalized spacial score (nSPS) is 13.0. The zero-order chi connectivity index (χ0) is 44.4. The van der Waals surface area contributed by atoms with Crippen molar-refractivity contribution in [2.24, 2.45) is 0 Å². The first-order valence-electron chi connectivity index (χ1n) is 23.0. The SMILES string of the molecule is CC1(C)c2ccccc2-c2ccc(N(c3ccc(-c4ccc5c(c4)oc4c(-c6ccccc6)c6c(cc45)oc4ccccc46)cc3)c3ccc(-c4cccc5c4oc4ccccc45)cc3)cc21. The molecule has 316 valence electrons. The van der Waals surface area contributed by atoms with E-state index in [0.717, 1.165) is 116 Å². The number of hydrogen-bond acceptors (Lipinski definition) is 4. The number of hydrogen-bond donors (Lipinski definition) is 0. The Balaban J connectivity index is 0.876. The van der Waals surface area contributed by atoms with Crippen LogP contribution in [0.1, 0.15) is 25.0 Å². The van der Waals surface area contributed by atoms with Crippen LogP contribution < -0.4 is 4.90 Å². The molecule has 1 aliphatic rings. The molecule has 0 unspecified atom stereocenters. The molecule has 4 heteroatoms. The van der Waals surface area contributed by atoms with Gasteiger partial charge in [-0.05, 0) is 111 Å². The van der Waals surface area contributed by atoms with Crippen molar-refractivity contribution in [1.29, 1.82) is 0 Å². The summed E-state index contributed by atoms with van der Waals surface area (Å²) < 4.78 is 19.8. The van der Waals surface area contributed by atoms with Gasteiger partial charge in [-0.3, -0.25) is 0 Å². The number of rotatable bonds is 6. The third-order valence-corrected chi connectivity index (χ3v) is 14.3. The van der Waals surface area contributed by atoms with E-state index < -0.39 is 0 Å². The summed E-state index contributed by atoms with van der Waals surface area (Å²) in [5.74, 6) is 0. The van der Waals surface area contributed by atoms with Crippen molar-refractivity contribution >= 4 is 82.9 Å². The first-order valence-corrected chi connectivity index (χ1v) is 23.0. The third kappa shape index (κ3) is 5.66. The monoisotopic (exact) mass is 859 g/mol. The summed E-state index contributed by atoms with van der Waals surface area (Å²) in [5.41, 5.74) is 20.2. The van der Waals surface area contributed by atoms with E-state index in [9.17, 15) is 0 Å². The Kier molecular flexibility index (Phi) is 8.00.